The molecular weight excluding hydrogens is 172 g/mol. The number of aryl methyl sites for hydroxylation is 2. The zero-order valence-corrected chi connectivity index (χ0v) is 8.79. The quantitative estimate of drug-likeness (QED) is 0.654. The fourth-order valence-corrected chi connectivity index (χ4v) is 1.71. The Morgan fingerprint density at radius 1 is 1.21 bits per heavy atom. The number of benzene rings is 1. The number of fused-ring (bicyclic) bond motifs is 1. The summed E-state index contributed by atoms with van der Waals surface area (Å²) in [5.74, 6) is 0.969. The maximum atomic E-state index is 5.78. The minimum absolute atomic E-state index is 0.969. The van der Waals surface area contributed by atoms with E-state index >= 15 is 0 Å². The van der Waals surface area contributed by atoms with Crippen molar-refractivity contribution in [1.29, 1.82) is 0 Å². The van der Waals surface area contributed by atoms with Crippen LogP contribution < -0.4 is 0 Å². The minimum Gasteiger partial charge on any atom is -0.456 e. The van der Waals surface area contributed by atoms with Crippen LogP contribution in [0.1, 0.15) is 23.8 Å². The van der Waals surface area contributed by atoms with Crippen molar-refractivity contribution in [3.05, 3.63) is 41.2 Å². The third-order valence-corrected chi connectivity index (χ3v) is 2.52. The highest BCUT2D eigenvalue weighted by atomic mass is 16.3. The van der Waals surface area contributed by atoms with Crippen LogP contribution in [-0.4, -0.2) is 0 Å². The molecule has 2 aromatic rings. The van der Waals surface area contributed by atoms with E-state index < -0.39 is 0 Å². The molecule has 1 aromatic carbocycles. The summed E-state index contributed by atoms with van der Waals surface area (Å²) in [4.78, 5) is 0. The predicted octanol–water partition coefficient (Wildman–Crippen LogP) is 4.08. The summed E-state index contributed by atoms with van der Waals surface area (Å²) in [6, 6.07) is 6.25. The molecule has 1 heterocycles. The Morgan fingerprint density at radius 2 is 2.00 bits per heavy atom. The van der Waals surface area contributed by atoms with E-state index in [1.165, 1.54) is 16.5 Å². The van der Waals surface area contributed by atoms with Crippen LogP contribution in [0, 0.1) is 13.8 Å². The SMILES string of the molecule is CC=Cc1oc2c(C)cccc2c1C. The van der Waals surface area contributed by atoms with Gasteiger partial charge in [-0.25, -0.2) is 0 Å². The Bertz CT molecular complexity index is 489. The lowest BCUT2D eigenvalue weighted by atomic mass is 10.1. The van der Waals surface area contributed by atoms with E-state index in [0.717, 1.165) is 11.3 Å². The third-order valence-electron chi connectivity index (χ3n) is 2.52. The summed E-state index contributed by atoms with van der Waals surface area (Å²) in [6.45, 7) is 6.17. The molecule has 0 bridgehead atoms. The average molecular weight is 186 g/mol. The molecule has 0 amide bonds. The van der Waals surface area contributed by atoms with Gasteiger partial charge in [0.05, 0.1) is 0 Å². The Labute approximate surface area is 84.0 Å². The molecular formula is C13H14O. The van der Waals surface area contributed by atoms with Gasteiger partial charge >= 0.3 is 0 Å². The van der Waals surface area contributed by atoms with Crippen molar-refractivity contribution in [3.8, 4) is 0 Å². The molecule has 0 atom stereocenters. The van der Waals surface area contributed by atoms with Gasteiger partial charge in [-0.15, -0.1) is 0 Å². The lowest BCUT2D eigenvalue weighted by molar-refractivity contribution is 0.598. The van der Waals surface area contributed by atoms with Crippen LogP contribution >= 0.6 is 0 Å². The second-order valence-electron chi connectivity index (χ2n) is 3.54. The third kappa shape index (κ3) is 1.25. The van der Waals surface area contributed by atoms with Gasteiger partial charge in [0.2, 0.25) is 0 Å². The van der Waals surface area contributed by atoms with Gasteiger partial charge in [-0.05, 0) is 32.4 Å². The average Bonchev–Trinajstić information content (AvgIpc) is 2.48. The van der Waals surface area contributed by atoms with Crippen molar-refractivity contribution < 1.29 is 4.42 Å². The lowest BCUT2D eigenvalue weighted by Gasteiger charge is -1.92. The molecule has 0 fully saturated rings. The van der Waals surface area contributed by atoms with Gasteiger partial charge in [-0.2, -0.15) is 0 Å². The van der Waals surface area contributed by atoms with Gasteiger partial charge in [-0.1, -0.05) is 24.3 Å². The van der Waals surface area contributed by atoms with Crippen molar-refractivity contribution in [2.24, 2.45) is 0 Å². The van der Waals surface area contributed by atoms with Gasteiger partial charge in [0, 0.05) is 10.9 Å². The highest BCUT2D eigenvalue weighted by molar-refractivity contribution is 5.86. The molecule has 0 saturated heterocycles. The first kappa shape index (κ1) is 9.07. The monoisotopic (exact) mass is 186 g/mol. The van der Waals surface area contributed by atoms with Crippen molar-refractivity contribution in [3.63, 3.8) is 0 Å². The van der Waals surface area contributed by atoms with Gasteiger partial charge < -0.3 is 4.42 Å². The van der Waals surface area contributed by atoms with Crippen LogP contribution in [0.3, 0.4) is 0 Å². The summed E-state index contributed by atoms with van der Waals surface area (Å²) < 4.78 is 5.78. The maximum absolute atomic E-state index is 5.78. The lowest BCUT2D eigenvalue weighted by Crippen LogP contribution is -1.72. The highest BCUT2D eigenvalue weighted by Crippen LogP contribution is 2.28. The molecule has 14 heavy (non-hydrogen) atoms. The molecule has 0 aliphatic rings. The van der Waals surface area contributed by atoms with E-state index in [-0.39, 0.29) is 0 Å². The molecule has 1 nitrogen and oxygen atoms in total. The number of rotatable bonds is 1. The molecule has 0 N–H and O–H groups in total. The van der Waals surface area contributed by atoms with Gasteiger partial charge in [0.25, 0.3) is 0 Å². The van der Waals surface area contributed by atoms with Crippen LogP contribution in [0.2, 0.25) is 0 Å². The molecule has 1 aromatic heterocycles. The van der Waals surface area contributed by atoms with Crippen LogP contribution in [-0.2, 0) is 0 Å². The maximum Gasteiger partial charge on any atom is 0.137 e. The second-order valence-corrected chi connectivity index (χ2v) is 3.54. The predicted molar refractivity (Wildman–Crippen MR) is 60.4 cm³/mol. The molecule has 0 aliphatic heterocycles. The Balaban J connectivity index is 2.79. The van der Waals surface area contributed by atoms with Gasteiger partial charge in [0.1, 0.15) is 11.3 Å². The molecule has 0 spiro atoms. The first-order chi connectivity index (χ1) is 6.74. The molecule has 0 aliphatic carbocycles. The van der Waals surface area contributed by atoms with E-state index in [0.29, 0.717) is 0 Å². The number of hydrogen-bond acceptors (Lipinski definition) is 1. The fourth-order valence-electron chi connectivity index (χ4n) is 1.71. The smallest absolute Gasteiger partial charge is 0.137 e. The molecule has 1 heteroatoms. The van der Waals surface area contributed by atoms with Crippen molar-refractivity contribution in [2.75, 3.05) is 0 Å². The highest BCUT2D eigenvalue weighted by Gasteiger charge is 2.08. The van der Waals surface area contributed by atoms with Crippen LogP contribution in [0.4, 0.5) is 0 Å². The van der Waals surface area contributed by atoms with Crippen molar-refractivity contribution in [2.45, 2.75) is 20.8 Å². The number of hydrogen-bond donors (Lipinski definition) is 0. The van der Waals surface area contributed by atoms with E-state index in [1.807, 2.05) is 19.1 Å². The summed E-state index contributed by atoms with van der Waals surface area (Å²) in [5, 5.41) is 1.22. The Morgan fingerprint density at radius 3 is 2.64 bits per heavy atom. The second kappa shape index (κ2) is 3.33. The van der Waals surface area contributed by atoms with Crippen LogP contribution in [0.5, 0.6) is 0 Å². The summed E-state index contributed by atoms with van der Waals surface area (Å²) >= 11 is 0. The fraction of sp³-hybridized carbons (Fsp3) is 0.231. The van der Waals surface area contributed by atoms with Gasteiger partial charge in [-0.3, -0.25) is 0 Å². The number of allylic oxidation sites excluding steroid dienone is 1. The molecule has 0 unspecified atom stereocenters. The van der Waals surface area contributed by atoms with Crippen LogP contribution in [0.15, 0.2) is 28.7 Å². The Hall–Kier alpha value is -1.50. The summed E-state index contributed by atoms with van der Waals surface area (Å²) in [5.41, 5.74) is 3.43. The summed E-state index contributed by atoms with van der Waals surface area (Å²) in [7, 11) is 0. The van der Waals surface area contributed by atoms with E-state index in [4.69, 9.17) is 4.42 Å². The van der Waals surface area contributed by atoms with Crippen molar-refractivity contribution >= 4 is 17.0 Å². The van der Waals surface area contributed by atoms with E-state index in [2.05, 4.69) is 32.0 Å². The van der Waals surface area contributed by atoms with Crippen molar-refractivity contribution in [1.82, 2.24) is 0 Å². The topological polar surface area (TPSA) is 13.1 Å². The molecule has 72 valence electrons. The van der Waals surface area contributed by atoms with E-state index in [9.17, 15) is 0 Å². The number of furan rings is 1. The first-order valence-electron chi connectivity index (χ1n) is 4.85. The Kier molecular flexibility index (Phi) is 2.16. The zero-order valence-electron chi connectivity index (χ0n) is 8.79. The molecule has 0 radical (unpaired) electrons. The molecule has 2 rings (SSSR count). The zero-order chi connectivity index (χ0) is 10.1. The standard InChI is InChI=1S/C13H14O/c1-4-6-12-10(3)11-8-5-7-9(2)13(11)14-12/h4-8H,1-3H3. The van der Waals surface area contributed by atoms with E-state index in [1.54, 1.807) is 0 Å². The first-order valence-corrected chi connectivity index (χ1v) is 4.85. The molecule has 0 saturated carbocycles. The van der Waals surface area contributed by atoms with Gasteiger partial charge in [0.15, 0.2) is 0 Å². The minimum atomic E-state index is 0.969. The largest absolute Gasteiger partial charge is 0.456 e. The number of para-hydroxylation sites is 1. The van der Waals surface area contributed by atoms with Crippen LogP contribution in [0.25, 0.3) is 17.0 Å². The summed E-state index contributed by atoms with van der Waals surface area (Å²) in [6.07, 6.45) is 4.01. The normalized spacial score (nSPS) is 11.6.